The molecule has 120 valence electrons. The molecule has 2 aromatic carbocycles. The van der Waals surface area contributed by atoms with Crippen LogP contribution in [0.25, 0.3) is 42.6 Å². The molecular formula is C20H14N4S. The van der Waals surface area contributed by atoms with Gasteiger partial charge in [0.2, 0.25) is 0 Å². The number of hydrogen-bond acceptors (Lipinski definition) is 4. The Hall–Kier alpha value is -3.18. The summed E-state index contributed by atoms with van der Waals surface area (Å²) in [6, 6.07) is 16.7. The number of nitrogens with one attached hydrogen (secondary N) is 1. The number of nitrogen functional groups attached to an aromatic ring is 1. The van der Waals surface area contributed by atoms with Gasteiger partial charge in [-0.15, -0.1) is 11.3 Å². The van der Waals surface area contributed by atoms with E-state index in [-0.39, 0.29) is 0 Å². The maximum atomic E-state index is 6.16. The van der Waals surface area contributed by atoms with E-state index in [4.69, 9.17) is 5.73 Å². The Bertz CT molecular complexity index is 1190. The van der Waals surface area contributed by atoms with Crippen molar-refractivity contribution >= 4 is 38.0 Å². The number of thiophene rings is 1. The highest BCUT2D eigenvalue weighted by Gasteiger charge is 2.13. The van der Waals surface area contributed by atoms with Crippen molar-refractivity contribution in [3.05, 3.63) is 67.1 Å². The van der Waals surface area contributed by atoms with E-state index in [9.17, 15) is 0 Å². The molecule has 3 aromatic heterocycles. The van der Waals surface area contributed by atoms with Crippen molar-refractivity contribution < 1.29 is 0 Å². The number of anilines is 1. The van der Waals surface area contributed by atoms with Gasteiger partial charge in [0.1, 0.15) is 0 Å². The SMILES string of the molecule is Nc1ccncc1-c1cc(-c2cc3ccccc3s2)c2[nH]ncc2c1. The average Bonchev–Trinajstić information content (AvgIpc) is 3.27. The van der Waals surface area contributed by atoms with Crippen molar-refractivity contribution in [1.82, 2.24) is 15.2 Å². The summed E-state index contributed by atoms with van der Waals surface area (Å²) in [5.74, 6) is 0. The maximum Gasteiger partial charge on any atom is 0.0737 e. The predicted molar refractivity (Wildman–Crippen MR) is 105 cm³/mol. The van der Waals surface area contributed by atoms with Gasteiger partial charge >= 0.3 is 0 Å². The molecule has 3 N–H and O–H groups in total. The topological polar surface area (TPSA) is 67.6 Å². The molecule has 3 heterocycles. The Morgan fingerprint density at radius 3 is 2.72 bits per heavy atom. The zero-order valence-corrected chi connectivity index (χ0v) is 14.0. The lowest BCUT2D eigenvalue weighted by Gasteiger charge is -2.08. The molecule has 0 radical (unpaired) electrons. The van der Waals surface area contributed by atoms with Gasteiger partial charge in [-0.25, -0.2) is 0 Å². The smallest absolute Gasteiger partial charge is 0.0737 e. The predicted octanol–water partition coefficient (Wildman–Crippen LogP) is 5.09. The maximum absolute atomic E-state index is 6.16. The van der Waals surface area contributed by atoms with E-state index in [1.807, 2.05) is 18.5 Å². The molecule has 0 saturated carbocycles. The van der Waals surface area contributed by atoms with Crippen molar-refractivity contribution in [2.24, 2.45) is 0 Å². The highest BCUT2D eigenvalue weighted by atomic mass is 32.1. The second-order valence-corrected chi connectivity index (χ2v) is 7.05. The van der Waals surface area contributed by atoms with Crippen molar-refractivity contribution in [3.8, 4) is 21.6 Å². The number of aromatic amines is 1. The summed E-state index contributed by atoms with van der Waals surface area (Å²) in [7, 11) is 0. The van der Waals surface area contributed by atoms with Crippen LogP contribution < -0.4 is 5.73 Å². The second-order valence-electron chi connectivity index (χ2n) is 5.97. The van der Waals surface area contributed by atoms with Crippen molar-refractivity contribution in [3.63, 3.8) is 0 Å². The van der Waals surface area contributed by atoms with E-state index in [1.54, 1.807) is 17.5 Å². The first kappa shape index (κ1) is 14.2. The first-order valence-corrected chi connectivity index (χ1v) is 8.77. The van der Waals surface area contributed by atoms with E-state index >= 15 is 0 Å². The second kappa shape index (κ2) is 5.43. The van der Waals surface area contributed by atoms with Gasteiger partial charge < -0.3 is 5.73 Å². The molecule has 25 heavy (non-hydrogen) atoms. The van der Waals surface area contributed by atoms with Crippen LogP contribution in [0.1, 0.15) is 0 Å². The molecule has 0 bridgehead atoms. The summed E-state index contributed by atoms with van der Waals surface area (Å²) >= 11 is 1.78. The summed E-state index contributed by atoms with van der Waals surface area (Å²) in [4.78, 5) is 5.43. The van der Waals surface area contributed by atoms with Gasteiger partial charge in [0.25, 0.3) is 0 Å². The van der Waals surface area contributed by atoms with Gasteiger partial charge in [-0.1, -0.05) is 18.2 Å². The number of rotatable bonds is 2. The largest absolute Gasteiger partial charge is 0.398 e. The third-order valence-corrected chi connectivity index (χ3v) is 5.56. The number of nitrogens with zero attached hydrogens (tertiary/aromatic N) is 2. The van der Waals surface area contributed by atoms with Crippen LogP contribution >= 0.6 is 11.3 Å². The summed E-state index contributed by atoms with van der Waals surface area (Å²) in [6.45, 7) is 0. The van der Waals surface area contributed by atoms with Crippen molar-refractivity contribution in [2.75, 3.05) is 5.73 Å². The highest BCUT2D eigenvalue weighted by Crippen LogP contribution is 2.39. The van der Waals surface area contributed by atoms with E-state index in [0.29, 0.717) is 0 Å². The first-order chi connectivity index (χ1) is 12.3. The van der Waals surface area contributed by atoms with Gasteiger partial charge in [0, 0.05) is 44.2 Å². The molecule has 0 aliphatic carbocycles. The van der Waals surface area contributed by atoms with Crippen molar-refractivity contribution in [2.45, 2.75) is 0 Å². The minimum absolute atomic E-state index is 0.722. The molecule has 0 aliphatic heterocycles. The first-order valence-electron chi connectivity index (χ1n) is 7.95. The van der Waals surface area contributed by atoms with E-state index in [2.05, 4.69) is 57.6 Å². The number of H-pyrrole nitrogens is 1. The lowest BCUT2D eigenvalue weighted by atomic mass is 9.99. The molecule has 0 amide bonds. The summed E-state index contributed by atoms with van der Waals surface area (Å²) < 4.78 is 1.27. The van der Waals surface area contributed by atoms with Crippen LogP contribution in [0.3, 0.4) is 0 Å². The average molecular weight is 342 g/mol. The molecule has 0 saturated heterocycles. The molecule has 0 unspecified atom stereocenters. The van der Waals surface area contributed by atoms with Gasteiger partial charge in [-0.3, -0.25) is 10.1 Å². The lowest BCUT2D eigenvalue weighted by Crippen LogP contribution is -1.91. The Morgan fingerprint density at radius 2 is 1.84 bits per heavy atom. The lowest BCUT2D eigenvalue weighted by molar-refractivity contribution is 1.12. The Morgan fingerprint density at radius 1 is 0.920 bits per heavy atom. The zero-order chi connectivity index (χ0) is 16.8. The molecule has 0 atom stereocenters. The highest BCUT2D eigenvalue weighted by molar-refractivity contribution is 7.22. The van der Waals surface area contributed by atoms with E-state index in [1.165, 1.54) is 15.0 Å². The van der Waals surface area contributed by atoms with Crippen LogP contribution in [0.4, 0.5) is 5.69 Å². The number of aromatic nitrogens is 3. The number of nitrogens with two attached hydrogens (primary N) is 1. The molecular weight excluding hydrogens is 328 g/mol. The van der Waals surface area contributed by atoms with Crippen LogP contribution in [0, 0.1) is 0 Å². The normalized spacial score (nSPS) is 11.4. The zero-order valence-electron chi connectivity index (χ0n) is 13.2. The molecule has 0 spiro atoms. The van der Waals surface area contributed by atoms with Gasteiger partial charge in [-0.05, 0) is 41.3 Å². The number of hydrogen-bond donors (Lipinski definition) is 2. The molecule has 5 rings (SSSR count). The quantitative estimate of drug-likeness (QED) is 0.469. The van der Waals surface area contributed by atoms with Crippen LogP contribution in [-0.2, 0) is 0 Å². The fourth-order valence-electron chi connectivity index (χ4n) is 3.17. The van der Waals surface area contributed by atoms with Gasteiger partial charge in [-0.2, -0.15) is 5.10 Å². The summed E-state index contributed by atoms with van der Waals surface area (Å²) in [5.41, 5.74) is 11.0. The number of benzene rings is 2. The summed E-state index contributed by atoms with van der Waals surface area (Å²) in [5, 5.41) is 9.68. The van der Waals surface area contributed by atoms with E-state index in [0.717, 1.165) is 33.3 Å². The molecule has 0 fully saturated rings. The minimum atomic E-state index is 0.722. The molecule has 4 nitrogen and oxygen atoms in total. The van der Waals surface area contributed by atoms with Crippen LogP contribution in [0.2, 0.25) is 0 Å². The Kier molecular flexibility index (Phi) is 3.08. The van der Waals surface area contributed by atoms with Crippen LogP contribution in [-0.4, -0.2) is 15.2 Å². The minimum Gasteiger partial charge on any atom is -0.398 e. The third-order valence-electron chi connectivity index (χ3n) is 4.41. The van der Waals surface area contributed by atoms with Crippen LogP contribution in [0.5, 0.6) is 0 Å². The Balaban J connectivity index is 1.80. The fourth-order valence-corrected chi connectivity index (χ4v) is 4.25. The number of fused-ring (bicyclic) bond motifs is 2. The Labute approximate surface area is 148 Å². The third kappa shape index (κ3) is 2.28. The van der Waals surface area contributed by atoms with Crippen molar-refractivity contribution in [1.29, 1.82) is 0 Å². The molecule has 5 heteroatoms. The van der Waals surface area contributed by atoms with E-state index < -0.39 is 0 Å². The van der Waals surface area contributed by atoms with Gasteiger partial charge in [0.15, 0.2) is 0 Å². The number of pyridine rings is 1. The van der Waals surface area contributed by atoms with Crippen LogP contribution in [0.15, 0.2) is 67.1 Å². The standard InChI is InChI=1S/C20H14N4S/c21-17-5-6-22-11-16(17)13-7-14-10-23-24-20(14)15(8-13)19-9-12-3-1-2-4-18(12)25-19/h1-11H,(H2,21,22)(H,23,24). The van der Waals surface area contributed by atoms with Gasteiger partial charge in [0.05, 0.1) is 11.7 Å². The fraction of sp³-hybridized carbons (Fsp3) is 0. The summed E-state index contributed by atoms with van der Waals surface area (Å²) in [6.07, 6.45) is 5.37. The monoisotopic (exact) mass is 342 g/mol. The molecule has 5 aromatic rings. The molecule has 0 aliphatic rings.